The molecule has 0 amide bonds. The quantitative estimate of drug-likeness (QED) is 0.373. The second kappa shape index (κ2) is 7.13. The van der Waals surface area contributed by atoms with Gasteiger partial charge in [-0.1, -0.05) is 66.7 Å². The van der Waals surface area contributed by atoms with E-state index in [4.69, 9.17) is 4.74 Å². The molecule has 0 spiro atoms. The fraction of sp³-hybridized carbons (Fsp3) is 0.778. The van der Waals surface area contributed by atoms with E-state index >= 15 is 0 Å². The van der Waals surface area contributed by atoms with Gasteiger partial charge in [0.05, 0.1) is 12.7 Å². The van der Waals surface area contributed by atoms with Crippen LogP contribution < -0.4 is 0 Å². The normalized spacial score (nSPS) is 49.9. The van der Waals surface area contributed by atoms with Crippen molar-refractivity contribution in [2.45, 2.75) is 118 Å². The summed E-state index contributed by atoms with van der Waals surface area (Å²) < 4.78 is 6.79. The van der Waals surface area contributed by atoms with Gasteiger partial charge in [-0.2, -0.15) is 0 Å². The number of fused-ring (bicyclic) bond motifs is 8. The van der Waals surface area contributed by atoms with Crippen molar-refractivity contribution in [2.24, 2.45) is 50.7 Å². The van der Waals surface area contributed by atoms with Gasteiger partial charge in [0.25, 0.3) is 0 Å². The molecule has 2 aromatic rings. The molecule has 2 heterocycles. The van der Waals surface area contributed by atoms with Gasteiger partial charge in [-0.05, 0) is 120 Å². The highest BCUT2D eigenvalue weighted by molar-refractivity contribution is 5.85. The molecule has 1 aliphatic heterocycles. The lowest BCUT2D eigenvalue weighted by Gasteiger charge is -2.73. The van der Waals surface area contributed by atoms with Crippen LogP contribution in [0.1, 0.15) is 111 Å². The Labute approximate surface area is 231 Å². The van der Waals surface area contributed by atoms with Gasteiger partial charge in [-0.3, -0.25) is 0 Å². The molecule has 2 heteroatoms. The molecule has 4 saturated carbocycles. The monoisotopic (exact) mass is 513 g/mol. The lowest BCUT2D eigenvalue weighted by Crippen LogP contribution is -2.67. The number of aromatic amines is 1. The van der Waals surface area contributed by atoms with Crippen molar-refractivity contribution in [3.8, 4) is 0 Å². The Kier molecular flexibility index (Phi) is 4.60. The van der Waals surface area contributed by atoms with Crippen molar-refractivity contribution in [3.63, 3.8) is 0 Å². The van der Waals surface area contributed by atoms with Gasteiger partial charge in [-0.25, -0.2) is 0 Å². The third-order valence-electron chi connectivity index (χ3n) is 15.3. The summed E-state index contributed by atoms with van der Waals surface area (Å²) in [5.74, 6) is 3.18. The van der Waals surface area contributed by atoms with Crippen LogP contribution in [0.2, 0.25) is 0 Å². The minimum atomic E-state index is 0.192. The van der Waals surface area contributed by atoms with Crippen LogP contribution in [0.5, 0.6) is 0 Å². The standard InChI is InChI=1S/C36H51NO/c1-31(2)16-18-36-19-17-34(6)24(28(36)30(31)38-21-36)12-13-27-33(5)20-23-22-10-8-9-11-25(22)37-29(23)32(3,4)26(33)14-15-35(27,34)7/h8-11,24,26-28,30,37H,12-21H2,1-7H3/t24?,26?,27?,28?,30-,33-,34+,35+,36+/m0/s1. The third-order valence-corrected chi connectivity index (χ3v) is 15.3. The molecule has 1 N–H and O–H groups in total. The summed E-state index contributed by atoms with van der Waals surface area (Å²) >= 11 is 0. The van der Waals surface area contributed by atoms with Crippen LogP contribution in [0.4, 0.5) is 0 Å². The summed E-state index contributed by atoms with van der Waals surface area (Å²) in [5.41, 5.74) is 6.76. The Morgan fingerprint density at radius 3 is 2.37 bits per heavy atom. The van der Waals surface area contributed by atoms with E-state index in [9.17, 15) is 0 Å². The third kappa shape index (κ3) is 2.62. The minimum absolute atomic E-state index is 0.192. The van der Waals surface area contributed by atoms with E-state index in [-0.39, 0.29) is 5.41 Å². The van der Waals surface area contributed by atoms with E-state index in [0.29, 0.717) is 33.2 Å². The Hall–Kier alpha value is -1.28. The number of H-pyrrole nitrogens is 1. The Morgan fingerprint density at radius 2 is 1.55 bits per heavy atom. The van der Waals surface area contributed by atoms with Crippen molar-refractivity contribution in [1.29, 1.82) is 0 Å². The molecule has 1 aromatic heterocycles. The zero-order valence-corrected chi connectivity index (χ0v) is 25.2. The largest absolute Gasteiger partial charge is 0.377 e. The van der Waals surface area contributed by atoms with Crippen LogP contribution in [0, 0.1) is 50.7 Å². The number of ether oxygens (including phenoxy) is 1. The molecule has 1 saturated heterocycles. The van der Waals surface area contributed by atoms with Crippen LogP contribution in [0.25, 0.3) is 10.9 Å². The van der Waals surface area contributed by atoms with Crippen LogP contribution in [-0.4, -0.2) is 17.7 Å². The molecular weight excluding hydrogens is 462 g/mol. The van der Waals surface area contributed by atoms with Gasteiger partial charge in [0.1, 0.15) is 0 Å². The first kappa shape index (κ1) is 24.5. The highest BCUT2D eigenvalue weighted by Gasteiger charge is 2.72. The molecule has 1 aromatic carbocycles. The summed E-state index contributed by atoms with van der Waals surface area (Å²) in [4.78, 5) is 3.93. The number of benzene rings is 1. The van der Waals surface area contributed by atoms with Crippen LogP contribution >= 0.6 is 0 Å². The molecular formula is C36H51NO. The molecule has 4 unspecified atom stereocenters. The van der Waals surface area contributed by atoms with Gasteiger partial charge >= 0.3 is 0 Å². The van der Waals surface area contributed by atoms with Crippen LogP contribution in [0.3, 0.4) is 0 Å². The van der Waals surface area contributed by atoms with Crippen molar-refractivity contribution in [1.82, 2.24) is 4.98 Å². The summed E-state index contributed by atoms with van der Waals surface area (Å²) in [6.45, 7) is 19.5. The minimum Gasteiger partial charge on any atom is -0.377 e. The maximum atomic E-state index is 6.79. The summed E-state index contributed by atoms with van der Waals surface area (Å²) in [6, 6.07) is 9.12. The molecule has 8 rings (SSSR count). The van der Waals surface area contributed by atoms with Crippen LogP contribution in [0.15, 0.2) is 24.3 Å². The fourth-order valence-corrected chi connectivity index (χ4v) is 13.3. The maximum absolute atomic E-state index is 6.79. The second-order valence-corrected chi connectivity index (χ2v) is 17.2. The molecule has 5 fully saturated rings. The second-order valence-electron chi connectivity index (χ2n) is 17.2. The number of nitrogens with one attached hydrogen (secondary N) is 1. The van der Waals surface area contributed by atoms with Crippen molar-refractivity contribution in [2.75, 3.05) is 6.61 Å². The van der Waals surface area contributed by atoms with Gasteiger partial charge in [0.15, 0.2) is 0 Å². The molecule has 0 radical (unpaired) electrons. The summed E-state index contributed by atoms with van der Waals surface area (Å²) in [6.07, 6.45) is 13.0. The lowest BCUT2D eigenvalue weighted by molar-refractivity contribution is -0.232. The first-order chi connectivity index (χ1) is 17.9. The van der Waals surface area contributed by atoms with E-state index in [0.717, 1.165) is 30.3 Å². The molecule has 206 valence electrons. The van der Waals surface area contributed by atoms with E-state index in [1.165, 1.54) is 68.7 Å². The SMILES string of the molecule is CC1(C)c2[nH]c3ccccc3c2C[C@@]2(C)C1CC[C@]1(C)C2CCC2C3[C@@H]4OC[C@@]3(CCC4(C)C)CC[C@]21C. The molecule has 38 heavy (non-hydrogen) atoms. The van der Waals surface area contributed by atoms with E-state index in [1.54, 1.807) is 11.3 Å². The van der Waals surface area contributed by atoms with Crippen LogP contribution in [-0.2, 0) is 16.6 Å². The number of aromatic nitrogens is 1. The molecule has 5 aliphatic carbocycles. The van der Waals surface area contributed by atoms with Crippen molar-refractivity contribution < 1.29 is 4.74 Å². The smallest absolute Gasteiger partial charge is 0.0663 e. The summed E-state index contributed by atoms with van der Waals surface area (Å²) in [5, 5.41) is 1.49. The predicted molar refractivity (Wildman–Crippen MR) is 156 cm³/mol. The highest BCUT2D eigenvalue weighted by atomic mass is 16.5. The van der Waals surface area contributed by atoms with Gasteiger partial charge in [0.2, 0.25) is 0 Å². The van der Waals surface area contributed by atoms with Crippen molar-refractivity contribution in [3.05, 3.63) is 35.5 Å². The fourth-order valence-electron chi connectivity index (χ4n) is 13.3. The maximum Gasteiger partial charge on any atom is 0.0663 e. The predicted octanol–water partition coefficient (Wildman–Crippen LogP) is 9.07. The molecule has 2 nitrogen and oxygen atoms in total. The number of hydrogen-bond acceptors (Lipinski definition) is 1. The van der Waals surface area contributed by atoms with Gasteiger partial charge in [0, 0.05) is 22.0 Å². The first-order valence-electron chi connectivity index (χ1n) is 16.1. The van der Waals surface area contributed by atoms with E-state index in [2.05, 4.69) is 77.7 Å². The number of para-hydroxylation sites is 1. The van der Waals surface area contributed by atoms with Gasteiger partial charge in [-0.15, -0.1) is 0 Å². The van der Waals surface area contributed by atoms with Crippen molar-refractivity contribution >= 4 is 10.9 Å². The van der Waals surface area contributed by atoms with E-state index < -0.39 is 0 Å². The zero-order chi connectivity index (χ0) is 26.5. The van der Waals surface area contributed by atoms with Gasteiger partial charge < -0.3 is 9.72 Å². The van der Waals surface area contributed by atoms with E-state index in [1.807, 2.05) is 0 Å². The average molecular weight is 514 g/mol. The first-order valence-corrected chi connectivity index (χ1v) is 16.1. The Bertz CT molecular complexity index is 1320. The lowest BCUT2D eigenvalue weighted by atomic mass is 9.31. The topological polar surface area (TPSA) is 25.0 Å². The Balaban J connectivity index is 1.23. The highest BCUT2D eigenvalue weighted by Crippen LogP contribution is 2.77. The zero-order valence-electron chi connectivity index (χ0n) is 25.2. The molecule has 6 aliphatic rings. The number of rotatable bonds is 0. The number of hydrogen-bond donors (Lipinski definition) is 1. The average Bonchev–Trinajstić information content (AvgIpc) is 3.40. The molecule has 2 bridgehead atoms. The molecule has 9 atom stereocenters. The Morgan fingerprint density at radius 1 is 0.789 bits per heavy atom. The summed E-state index contributed by atoms with van der Waals surface area (Å²) in [7, 11) is 0.